The number of aryl methyl sites for hydroxylation is 1. The zero-order chi connectivity index (χ0) is 31.5. The van der Waals surface area contributed by atoms with Crippen molar-refractivity contribution in [2.45, 2.75) is 68.7 Å². The molecule has 0 aliphatic heterocycles. The van der Waals surface area contributed by atoms with Crippen LogP contribution in [0, 0.1) is 12.7 Å². The number of hydrogen-bond acceptors (Lipinski definition) is 6. The number of rotatable bonds is 12. The number of halogens is 1. The molecule has 1 atom stereocenters. The second-order valence-electron chi connectivity index (χ2n) is 11.4. The average Bonchev–Trinajstić information content (AvgIpc) is 3.26. The summed E-state index contributed by atoms with van der Waals surface area (Å²) in [7, 11) is 4.01. The van der Waals surface area contributed by atoms with Crippen LogP contribution in [0.2, 0.25) is 0 Å². The normalized spacial score (nSPS) is 19.7. The molecule has 0 radical (unpaired) electrons. The molecule has 1 amide bonds. The number of nitrogens with zero attached hydrogens (tertiary/aromatic N) is 1. The zero-order valence-electron chi connectivity index (χ0n) is 24.2. The molecule has 4 rings (SSSR count). The number of aliphatic carboxylic acids is 3. The Labute approximate surface area is 247 Å². The Morgan fingerprint density at radius 2 is 1.65 bits per heavy atom. The molecule has 1 saturated carbocycles. The van der Waals surface area contributed by atoms with Gasteiger partial charge in [0.05, 0.1) is 12.8 Å². The van der Waals surface area contributed by atoms with Crippen LogP contribution >= 0.6 is 0 Å². The van der Waals surface area contributed by atoms with Gasteiger partial charge in [0.2, 0.25) is 0 Å². The summed E-state index contributed by atoms with van der Waals surface area (Å²) in [6.45, 7) is 1.58. The van der Waals surface area contributed by atoms with E-state index in [1.807, 2.05) is 32.3 Å². The number of carbonyl (C=O) groups is 4. The lowest BCUT2D eigenvalue weighted by atomic mass is 9.74. The number of amides is 1. The van der Waals surface area contributed by atoms with Crippen molar-refractivity contribution in [3.8, 4) is 0 Å². The van der Waals surface area contributed by atoms with Gasteiger partial charge >= 0.3 is 17.9 Å². The molecule has 230 valence electrons. The summed E-state index contributed by atoms with van der Waals surface area (Å²) < 4.78 is 20.2. The maximum atomic E-state index is 14.3. The summed E-state index contributed by atoms with van der Waals surface area (Å²) >= 11 is 0. The number of aromatic nitrogens is 1. The van der Waals surface area contributed by atoms with E-state index in [2.05, 4.69) is 27.3 Å². The van der Waals surface area contributed by atoms with Crippen LogP contribution in [0.1, 0.15) is 61.4 Å². The first kappa shape index (κ1) is 31.6. The maximum absolute atomic E-state index is 14.3. The molecule has 5 N–H and O–H groups in total. The lowest BCUT2D eigenvalue weighted by Gasteiger charge is -2.46. The third-order valence-electron chi connectivity index (χ3n) is 8.43. The second-order valence-corrected chi connectivity index (χ2v) is 11.4. The van der Waals surface area contributed by atoms with Crippen molar-refractivity contribution in [1.82, 2.24) is 15.2 Å². The van der Waals surface area contributed by atoms with Crippen molar-refractivity contribution in [1.29, 1.82) is 0 Å². The standard InChI is InChI=1S/C31H36FN3O8/c1-18-26(22-15-20(32)9-10-23(22)33-18)27(43-31(29(41)42,16-24(36)37)17-25(38)39)28(40)34-21-11-13-30(14-12-21,35(2)3)19-7-5-4-6-8-19/h4-10,15,21,27,33H,11-14,16-17H2,1-3H3,(H,34,40)(H,36,37)(H,38,39)(H,41,42). The number of aromatic amines is 1. The van der Waals surface area contributed by atoms with Gasteiger partial charge in [-0.05, 0) is 70.5 Å². The Balaban J connectivity index is 1.70. The number of nitrogens with one attached hydrogen (secondary N) is 2. The third kappa shape index (κ3) is 6.55. The summed E-state index contributed by atoms with van der Waals surface area (Å²) in [6, 6.07) is 13.5. The molecular weight excluding hydrogens is 561 g/mol. The van der Waals surface area contributed by atoms with Crippen molar-refractivity contribution in [2.24, 2.45) is 0 Å². The number of fused-ring (bicyclic) bond motifs is 1. The van der Waals surface area contributed by atoms with E-state index in [1.165, 1.54) is 12.1 Å². The SMILES string of the molecule is Cc1[nH]c2ccc(F)cc2c1C(OC(CC(=O)O)(CC(=O)O)C(=O)O)C(=O)NC1CCC(c2ccccc2)(N(C)C)CC1. The summed E-state index contributed by atoms with van der Waals surface area (Å²) in [4.78, 5) is 55.0. The first-order chi connectivity index (χ1) is 20.3. The Bertz CT molecular complexity index is 1500. The molecule has 1 fully saturated rings. The van der Waals surface area contributed by atoms with Crippen LogP contribution in [0.5, 0.6) is 0 Å². The van der Waals surface area contributed by atoms with E-state index in [9.17, 15) is 38.9 Å². The van der Waals surface area contributed by atoms with E-state index in [0.29, 0.717) is 36.9 Å². The highest BCUT2D eigenvalue weighted by Gasteiger charge is 2.49. The zero-order valence-corrected chi connectivity index (χ0v) is 24.2. The van der Waals surface area contributed by atoms with Crippen LogP contribution in [-0.2, 0) is 29.5 Å². The number of H-pyrrole nitrogens is 1. The van der Waals surface area contributed by atoms with Gasteiger partial charge in [0, 0.05) is 33.7 Å². The van der Waals surface area contributed by atoms with E-state index in [-0.39, 0.29) is 22.5 Å². The maximum Gasteiger partial charge on any atom is 0.337 e. The number of hydrogen-bond donors (Lipinski definition) is 5. The fourth-order valence-corrected chi connectivity index (χ4v) is 6.22. The van der Waals surface area contributed by atoms with Gasteiger partial charge in [0.15, 0.2) is 11.7 Å². The quantitative estimate of drug-likeness (QED) is 0.207. The lowest BCUT2D eigenvalue weighted by Crippen LogP contribution is -2.51. The summed E-state index contributed by atoms with van der Waals surface area (Å²) in [5.74, 6) is -6.51. The Kier molecular flexibility index (Phi) is 9.21. The highest BCUT2D eigenvalue weighted by atomic mass is 19.1. The molecule has 1 unspecified atom stereocenters. The van der Waals surface area contributed by atoms with E-state index in [4.69, 9.17) is 4.74 Å². The van der Waals surface area contributed by atoms with Crippen molar-refractivity contribution in [3.63, 3.8) is 0 Å². The number of carboxylic acid groups (broad SMARTS) is 3. The van der Waals surface area contributed by atoms with Crippen molar-refractivity contribution >= 4 is 34.7 Å². The second kappa shape index (κ2) is 12.5. The molecule has 1 heterocycles. The molecule has 3 aromatic rings. The van der Waals surface area contributed by atoms with Crippen LogP contribution in [-0.4, -0.2) is 74.8 Å². The smallest absolute Gasteiger partial charge is 0.337 e. The predicted molar refractivity (Wildman–Crippen MR) is 154 cm³/mol. The summed E-state index contributed by atoms with van der Waals surface area (Å²) in [6.07, 6.45) is -1.66. The van der Waals surface area contributed by atoms with Gasteiger partial charge in [-0.2, -0.15) is 0 Å². The summed E-state index contributed by atoms with van der Waals surface area (Å²) in [5, 5.41) is 32.2. The minimum atomic E-state index is -2.79. The first-order valence-electron chi connectivity index (χ1n) is 13.9. The van der Waals surface area contributed by atoms with Gasteiger partial charge in [0.1, 0.15) is 5.82 Å². The van der Waals surface area contributed by atoms with Crippen LogP contribution in [0.25, 0.3) is 10.9 Å². The molecule has 0 saturated heterocycles. The van der Waals surface area contributed by atoms with Crippen LogP contribution in [0.4, 0.5) is 4.39 Å². The van der Waals surface area contributed by atoms with E-state index < -0.39 is 54.2 Å². The topological polar surface area (TPSA) is 169 Å². The number of benzene rings is 2. The molecule has 11 nitrogen and oxygen atoms in total. The van der Waals surface area contributed by atoms with Gasteiger partial charge in [-0.3, -0.25) is 19.3 Å². The first-order valence-corrected chi connectivity index (χ1v) is 13.9. The molecule has 1 aromatic heterocycles. The van der Waals surface area contributed by atoms with E-state index in [1.54, 1.807) is 6.92 Å². The largest absolute Gasteiger partial charge is 0.481 e. The highest BCUT2D eigenvalue weighted by Crippen LogP contribution is 2.42. The van der Waals surface area contributed by atoms with Crippen LogP contribution < -0.4 is 5.32 Å². The summed E-state index contributed by atoms with van der Waals surface area (Å²) in [5.41, 5.74) is -1.02. The van der Waals surface area contributed by atoms with Gasteiger partial charge < -0.3 is 30.4 Å². The monoisotopic (exact) mass is 597 g/mol. The van der Waals surface area contributed by atoms with Gasteiger partial charge in [-0.1, -0.05) is 30.3 Å². The molecule has 0 spiro atoms. The van der Waals surface area contributed by atoms with Gasteiger partial charge in [0.25, 0.3) is 5.91 Å². The number of carboxylic acids is 3. The van der Waals surface area contributed by atoms with Gasteiger partial charge in [-0.15, -0.1) is 0 Å². The minimum Gasteiger partial charge on any atom is -0.481 e. The predicted octanol–water partition coefficient (Wildman–Crippen LogP) is 3.96. The minimum absolute atomic E-state index is 0.0936. The molecule has 1 aliphatic carbocycles. The Morgan fingerprint density at radius 3 is 2.19 bits per heavy atom. The third-order valence-corrected chi connectivity index (χ3v) is 8.43. The molecular formula is C31H36FN3O8. The average molecular weight is 598 g/mol. The Hall–Kier alpha value is -4.29. The van der Waals surface area contributed by atoms with Crippen molar-refractivity contribution in [2.75, 3.05) is 14.1 Å². The molecule has 0 bridgehead atoms. The lowest BCUT2D eigenvalue weighted by molar-refractivity contribution is -0.189. The van der Waals surface area contributed by atoms with Crippen molar-refractivity contribution < 1.29 is 43.6 Å². The molecule has 12 heteroatoms. The molecule has 2 aromatic carbocycles. The van der Waals surface area contributed by atoms with E-state index in [0.717, 1.165) is 11.6 Å². The Morgan fingerprint density at radius 1 is 1.05 bits per heavy atom. The molecule has 1 aliphatic rings. The molecule has 43 heavy (non-hydrogen) atoms. The van der Waals surface area contributed by atoms with E-state index >= 15 is 0 Å². The van der Waals surface area contributed by atoms with Crippen LogP contribution in [0.15, 0.2) is 48.5 Å². The number of ether oxygens (including phenoxy) is 1. The highest BCUT2D eigenvalue weighted by molar-refractivity contribution is 5.94. The fourth-order valence-electron chi connectivity index (χ4n) is 6.22. The number of carbonyl (C=O) groups excluding carboxylic acids is 1. The van der Waals surface area contributed by atoms with Crippen LogP contribution in [0.3, 0.4) is 0 Å². The fraction of sp³-hybridized carbons (Fsp3) is 0.419. The van der Waals surface area contributed by atoms with Gasteiger partial charge in [-0.25, -0.2) is 9.18 Å². The van der Waals surface area contributed by atoms with Crippen molar-refractivity contribution in [3.05, 3.63) is 71.2 Å².